The van der Waals surface area contributed by atoms with E-state index in [2.05, 4.69) is 5.32 Å². The molecule has 8 heteroatoms. The molecule has 2 atom stereocenters. The van der Waals surface area contributed by atoms with Crippen LogP contribution in [0, 0.1) is 0 Å². The van der Waals surface area contributed by atoms with E-state index in [0.717, 1.165) is 41.4 Å². The lowest BCUT2D eigenvalue weighted by Crippen LogP contribution is -2.58. The summed E-state index contributed by atoms with van der Waals surface area (Å²) in [5, 5.41) is 14.9. The average molecular weight is 515 g/mol. The third-order valence-corrected chi connectivity index (χ3v) is 8.24. The third-order valence-electron chi connectivity index (χ3n) is 8.24. The lowest BCUT2D eigenvalue weighted by molar-refractivity contribution is -0.141. The van der Waals surface area contributed by atoms with E-state index in [0.29, 0.717) is 23.6 Å². The molecule has 2 fully saturated rings. The quantitative estimate of drug-likeness (QED) is 0.467. The smallest absolute Gasteiger partial charge is 0.323 e. The number of benzene rings is 3. The fraction of sp³-hybridized carbons (Fsp3) is 0.367. The fourth-order valence-electron chi connectivity index (χ4n) is 6.38. The van der Waals surface area contributed by atoms with Crippen molar-refractivity contribution >= 4 is 28.6 Å². The minimum Gasteiger partial charge on any atom is -0.493 e. The van der Waals surface area contributed by atoms with E-state index in [1.54, 1.807) is 30.3 Å². The van der Waals surface area contributed by atoms with Gasteiger partial charge in [-0.05, 0) is 79.3 Å². The zero-order valence-electron chi connectivity index (χ0n) is 21.2. The molecule has 196 valence electrons. The average Bonchev–Trinajstić information content (AvgIpc) is 3.48. The van der Waals surface area contributed by atoms with Gasteiger partial charge < -0.3 is 19.9 Å². The standard InChI is InChI=1S/C30H30N2O6/c1-37-25-17-20(11-12-24(25)38-21-9-3-2-4-10-21)30(13-14-31-26(30)29(35)36)32-27(33)22-15-18-7-5-6-8-19(18)16-23(22)28(32)34/h5-8,11-12,15-17,21,26,31H,2-4,9-10,13-14H2,1H3,(H,35,36). The first-order valence-corrected chi connectivity index (χ1v) is 13.2. The van der Waals surface area contributed by atoms with Gasteiger partial charge in [0.05, 0.1) is 24.3 Å². The Kier molecular flexibility index (Phi) is 6.07. The van der Waals surface area contributed by atoms with Crippen LogP contribution in [0.1, 0.15) is 64.8 Å². The number of aliphatic carboxylic acids is 1. The SMILES string of the molecule is COc1cc(C2(N3C(=O)c4cc5ccccc5cc4C3=O)CCNC2C(=O)O)ccc1OC1CCCCC1. The third kappa shape index (κ3) is 3.74. The van der Waals surface area contributed by atoms with Crippen LogP contribution in [0.15, 0.2) is 54.6 Å². The van der Waals surface area contributed by atoms with Crippen molar-refractivity contribution in [2.45, 2.75) is 56.2 Å². The van der Waals surface area contributed by atoms with Crippen LogP contribution in [0.4, 0.5) is 0 Å². The Morgan fingerprint density at radius 3 is 2.21 bits per heavy atom. The summed E-state index contributed by atoms with van der Waals surface area (Å²) in [5.41, 5.74) is -0.356. The zero-order chi connectivity index (χ0) is 26.4. The molecule has 0 spiro atoms. The molecular formula is C30H30N2O6. The van der Waals surface area contributed by atoms with Crippen molar-refractivity contribution < 1.29 is 29.0 Å². The Labute approximate surface area is 220 Å². The fourth-order valence-corrected chi connectivity index (χ4v) is 6.38. The molecule has 3 aromatic rings. The largest absolute Gasteiger partial charge is 0.493 e. The summed E-state index contributed by atoms with van der Waals surface area (Å²) in [5.74, 6) is -1.10. The van der Waals surface area contributed by atoms with Gasteiger partial charge >= 0.3 is 5.97 Å². The summed E-state index contributed by atoms with van der Waals surface area (Å²) in [7, 11) is 1.54. The predicted molar refractivity (Wildman–Crippen MR) is 141 cm³/mol. The molecule has 8 nitrogen and oxygen atoms in total. The Bertz CT molecular complexity index is 1390. The maximum absolute atomic E-state index is 13.9. The Balaban J connectivity index is 1.46. The summed E-state index contributed by atoms with van der Waals surface area (Å²) in [4.78, 5) is 41.5. The van der Waals surface area contributed by atoms with Crippen LogP contribution >= 0.6 is 0 Å². The summed E-state index contributed by atoms with van der Waals surface area (Å²) in [6.45, 7) is 0.328. The van der Waals surface area contributed by atoms with Crippen LogP contribution in [0.25, 0.3) is 10.8 Å². The number of methoxy groups -OCH3 is 1. The molecule has 0 bridgehead atoms. The van der Waals surface area contributed by atoms with Crippen LogP contribution in [0.3, 0.4) is 0 Å². The minimum atomic E-state index is -1.44. The van der Waals surface area contributed by atoms with Gasteiger partial charge in [-0.15, -0.1) is 0 Å². The van der Waals surface area contributed by atoms with Gasteiger partial charge in [0.1, 0.15) is 11.6 Å². The monoisotopic (exact) mass is 514 g/mol. The number of carbonyl (C=O) groups is 3. The second-order valence-corrected chi connectivity index (χ2v) is 10.3. The van der Waals surface area contributed by atoms with Gasteiger partial charge in [0.25, 0.3) is 11.8 Å². The number of fused-ring (bicyclic) bond motifs is 2. The van der Waals surface area contributed by atoms with E-state index in [1.165, 1.54) is 13.5 Å². The molecule has 1 saturated carbocycles. The van der Waals surface area contributed by atoms with Crippen molar-refractivity contribution in [3.63, 3.8) is 0 Å². The number of imide groups is 1. The molecular weight excluding hydrogens is 484 g/mol. The normalized spacial score (nSPS) is 23.6. The number of amides is 2. The Morgan fingerprint density at radius 1 is 0.947 bits per heavy atom. The molecule has 0 aromatic heterocycles. The predicted octanol–water partition coefficient (Wildman–Crippen LogP) is 4.50. The van der Waals surface area contributed by atoms with Crippen molar-refractivity contribution in [3.8, 4) is 11.5 Å². The van der Waals surface area contributed by atoms with E-state index in [-0.39, 0.29) is 23.7 Å². The van der Waals surface area contributed by atoms with Crippen LogP contribution in [-0.2, 0) is 10.3 Å². The number of ether oxygens (including phenoxy) is 2. The molecule has 2 heterocycles. The first kappa shape index (κ1) is 24.4. The molecule has 0 radical (unpaired) electrons. The van der Waals surface area contributed by atoms with Gasteiger partial charge in [-0.25, -0.2) is 0 Å². The number of carbonyl (C=O) groups excluding carboxylic acids is 2. The molecule has 3 aliphatic rings. The molecule has 2 unspecified atom stereocenters. The molecule has 1 saturated heterocycles. The highest BCUT2D eigenvalue weighted by Gasteiger charge is 2.59. The number of rotatable bonds is 6. The second kappa shape index (κ2) is 9.44. The van der Waals surface area contributed by atoms with Crippen molar-refractivity contribution in [2.75, 3.05) is 13.7 Å². The summed E-state index contributed by atoms with van der Waals surface area (Å²) >= 11 is 0. The zero-order valence-corrected chi connectivity index (χ0v) is 21.2. The van der Waals surface area contributed by atoms with Gasteiger partial charge in [0.2, 0.25) is 0 Å². The van der Waals surface area contributed by atoms with Gasteiger partial charge in [-0.1, -0.05) is 36.8 Å². The van der Waals surface area contributed by atoms with E-state index < -0.39 is 29.4 Å². The second-order valence-electron chi connectivity index (χ2n) is 10.3. The number of hydrogen-bond donors (Lipinski definition) is 2. The highest BCUT2D eigenvalue weighted by atomic mass is 16.5. The van der Waals surface area contributed by atoms with Gasteiger partial charge in [0.15, 0.2) is 11.5 Å². The number of hydrogen-bond acceptors (Lipinski definition) is 6. The highest BCUT2D eigenvalue weighted by molar-refractivity contribution is 6.24. The van der Waals surface area contributed by atoms with Crippen molar-refractivity contribution in [1.82, 2.24) is 10.2 Å². The first-order chi connectivity index (χ1) is 18.4. The highest BCUT2D eigenvalue weighted by Crippen LogP contribution is 2.46. The van der Waals surface area contributed by atoms with Crippen LogP contribution in [-0.4, -0.2) is 53.6 Å². The minimum absolute atomic E-state index is 0.0998. The van der Waals surface area contributed by atoms with Crippen molar-refractivity contribution in [2.24, 2.45) is 0 Å². The number of nitrogens with zero attached hydrogens (tertiary/aromatic N) is 1. The molecule has 2 amide bonds. The van der Waals surface area contributed by atoms with E-state index >= 15 is 0 Å². The summed E-state index contributed by atoms with van der Waals surface area (Å²) in [6.07, 6.45) is 5.75. The number of nitrogens with one attached hydrogen (secondary N) is 1. The van der Waals surface area contributed by atoms with Crippen molar-refractivity contribution in [3.05, 3.63) is 71.3 Å². The topological polar surface area (TPSA) is 105 Å². The van der Waals surface area contributed by atoms with Crippen LogP contribution in [0.5, 0.6) is 11.5 Å². The molecule has 2 aliphatic heterocycles. The van der Waals surface area contributed by atoms with E-state index in [1.807, 2.05) is 24.3 Å². The molecule has 3 aromatic carbocycles. The summed E-state index contributed by atoms with van der Waals surface area (Å²) in [6, 6.07) is 15.0. The van der Waals surface area contributed by atoms with Gasteiger partial charge in [-0.2, -0.15) is 0 Å². The first-order valence-electron chi connectivity index (χ1n) is 13.2. The molecule has 38 heavy (non-hydrogen) atoms. The maximum Gasteiger partial charge on any atom is 0.323 e. The summed E-state index contributed by atoms with van der Waals surface area (Å²) < 4.78 is 11.9. The Hall–Kier alpha value is -3.91. The van der Waals surface area contributed by atoms with Crippen LogP contribution < -0.4 is 14.8 Å². The molecule has 2 N–H and O–H groups in total. The maximum atomic E-state index is 13.9. The van der Waals surface area contributed by atoms with E-state index in [9.17, 15) is 19.5 Å². The lowest BCUT2D eigenvalue weighted by atomic mass is 9.80. The van der Waals surface area contributed by atoms with Gasteiger partial charge in [0, 0.05) is 0 Å². The number of carboxylic acids is 1. The van der Waals surface area contributed by atoms with E-state index in [4.69, 9.17) is 9.47 Å². The van der Waals surface area contributed by atoms with Crippen molar-refractivity contribution in [1.29, 1.82) is 0 Å². The lowest BCUT2D eigenvalue weighted by Gasteiger charge is -2.40. The Morgan fingerprint density at radius 2 is 1.61 bits per heavy atom. The van der Waals surface area contributed by atoms with Crippen LogP contribution in [0.2, 0.25) is 0 Å². The molecule has 6 rings (SSSR count). The molecule has 1 aliphatic carbocycles. The van der Waals surface area contributed by atoms with Gasteiger partial charge in [-0.3, -0.25) is 19.3 Å². The number of carboxylic acid groups (broad SMARTS) is 1.